The monoisotopic (exact) mass is 380 g/mol. The van der Waals surface area contributed by atoms with Crippen molar-refractivity contribution in [3.8, 4) is 5.75 Å². The molecule has 1 saturated heterocycles. The lowest BCUT2D eigenvalue weighted by Crippen LogP contribution is -2.49. The van der Waals surface area contributed by atoms with Gasteiger partial charge in [0.1, 0.15) is 12.4 Å². The molecule has 2 heterocycles. The molecule has 2 aromatic carbocycles. The van der Waals surface area contributed by atoms with Gasteiger partial charge in [0.15, 0.2) is 0 Å². The molecular weight excluding hydrogens is 356 g/mol. The molecule has 0 bridgehead atoms. The number of hydrogen-bond acceptors (Lipinski definition) is 4. The first-order valence-electron chi connectivity index (χ1n) is 9.40. The Morgan fingerprint density at radius 1 is 1.00 bits per heavy atom. The molecule has 0 saturated carbocycles. The van der Waals surface area contributed by atoms with Gasteiger partial charge in [-0.3, -0.25) is 9.69 Å². The summed E-state index contributed by atoms with van der Waals surface area (Å²) >= 11 is 1.61. The summed E-state index contributed by atoms with van der Waals surface area (Å²) in [5, 5.41) is 1.20. The molecule has 1 amide bonds. The summed E-state index contributed by atoms with van der Waals surface area (Å²) < 4.78 is 6.97. The van der Waals surface area contributed by atoms with Crippen LogP contribution in [-0.4, -0.2) is 55.0 Å². The maximum Gasteiger partial charge on any atom is 0.264 e. The number of amides is 1. The Morgan fingerprint density at radius 2 is 1.70 bits per heavy atom. The Kier molecular flexibility index (Phi) is 5.41. The number of fused-ring (bicyclic) bond motifs is 1. The number of para-hydroxylation sites is 1. The third-order valence-corrected chi connectivity index (χ3v) is 6.38. The van der Waals surface area contributed by atoms with E-state index >= 15 is 0 Å². The zero-order chi connectivity index (χ0) is 18.6. The van der Waals surface area contributed by atoms with E-state index in [4.69, 9.17) is 4.74 Å². The number of carbonyl (C=O) groups excluding carboxylic acids is 1. The van der Waals surface area contributed by atoms with E-state index in [1.165, 1.54) is 10.1 Å². The molecule has 1 fully saturated rings. The Bertz CT molecular complexity index is 914. The largest absolute Gasteiger partial charge is 0.492 e. The van der Waals surface area contributed by atoms with Crippen molar-refractivity contribution in [1.29, 1.82) is 0 Å². The van der Waals surface area contributed by atoms with E-state index in [9.17, 15) is 4.79 Å². The van der Waals surface area contributed by atoms with Crippen molar-refractivity contribution in [2.75, 3.05) is 39.3 Å². The number of carbonyl (C=O) groups is 1. The van der Waals surface area contributed by atoms with Crippen LogP contribution in [0.15, 0.2) is 54.6 Å². The number of nitrogens with zero attached hydrogens (tertiary/aromatic N) is 2. The van der Waals surface area contributed by atoms with Crippen LogP contribution in [0.3, 0.4) is 0 Å². The van der Waals surface area contributed by atoms with Crippen molar-refractivity contribution >= 4 is 27.3 Å². The molecule has 1 aliphatic rings. The smallest absolute Gasteiger partial charge is 0.264 e. The SMILES string of the molecule is Cc1c(C(=O)N2CCN(CCOc3ccccc3)CC2)sc2ccccc12. The summed E-state index contributed by atoms with van der Waals surface area (Å²) in [5.41, 5.74) is 1.11. The zero-order valence-electron chi connectivity index (χ0n) is 15.6. The first kappa shape index (κ1) is 18.0. The fourth-order valence-corrected chi connectivity index (χ4v) is 4.68. The van der Waals surface area contributed by atoms with Crippen LogP contribution in [0.1, 0.15) is 15.2 Å². The van der Waals surface area contributed by atoms with Crippen LogP contribution in [-0.2, 0) is 0 Å². The number of thiophene rings is 1. The summed E-state index contributed by atoms with van der Waals surface area (Å²) in [7, 11) is 0. The number of rotatable bonds is 5. The molecule has 0 spiro atoms. The molecule has 3 aromatic rings. The van der Waals surface area contributed by atoms with E-state index < -0.39 is 0 Å². The van der Waals surface area contributed by atoms with Gasteiger partial charge in [0, 0.05) is 37.4 Å². The van der Waals surface area contributed by atoms with Crippen molar-refractivity contribution in [1.82, 2.24) is 9.80 Å². The minimum Gasteiger partial charge on any atom is -0.492 e. The molecule has 0 aliphatic carbocycles. The van der Waals surface area contributed by atoms with Gasteiger partial charge >= 0.3 is 0 Å². The second-order valence-corrected chi connectivity index (χ2v) is 7.90. The van der Waals surface area contributed by atoms with Crippen molar-refractivity contribution in [2.45, 2.75) is 6.92 Å². The lowest BCUT2D eigenvalue weighted by Gasteiger charge is -2.34. The topological polar surface area (TPSA) is 32.8 Å². The summed E-state index contributed by atoms with van der Waals surface area (Å²) in [6.45, 7) is 6.97. The first-order valence-corrected chi connectivity index (χ1v) is 10.2. The van der Waals surface area contributed by atoms with Gasteiger partial charge in [0.25, 0.3) is 5.91 Å². The third kappa shape index (κ3) is 3.99. The Balaban J connectivity index is 1.30. The fraction of sp³-hybridized carbons (Fsp3) is 0.318. The first-order chi connectivity index (χ1) is 13.2. The highest BCUT2D eigenvalue weighted by Crippen LogP contribution is 2.31. The molecule has 0 radical (unpaired) electrons. The summed E-state index contributed by atoms with van der Waals surface area (Å²) in [6.07, 6.45) is 0. The Labute approximate surface area is 164 Å². The van der Waals surface area contributed by atoms with E-state index in [0.717, 1.165) is 48.9 Å². The normalized spacial score (nSPS) is 15.2. The van der Waals surface area contributed by atoms with Gasteiger partial charge in [0.05, 0.1) is 4.88 Å². The molecule has 140 valence electrons. The lowest BCUT2D eigenvalue weighted by atomic mass is 10.1. The molecule has 27 heavy (non-hydrogen) atoms. The zero-order valence-corrected chi connectivity index (χ0v) is 16.4. The number of hydrogen-bond donors (Lipinski definition) is 0. The van der Waals surface area contributed by atoms with Gasteiger partial charge in [-0.15, -0.1) is 11.3 Å². The van der Waals surface area contributed by atoms with E-state index in [1.807, 2.05) is 47.4 Å². The van der Waals surface area contributed by atoms with E-state index in [0.29, 0.717) is 6.61 Å². The predicted octanol–water partition coefficient (Wildman–Crippen LogP) is 4.05. The van der Waals surface area contributed by atoms with E-state index in [1.54, 1.807) is 11.3 Å². The van der Waals surface area contributed by atoms with Crippen LogP contribution >= 0.6 is 11.3 Å². The highest BCUT2D eigenvalue weighted by Gasteiger charge is 2.25. The van der Waals surface area contributed by atoms with Crippen molar-refractivity contribution in [3.05, 3.63) is 65.0 Å². The van der Waals surface area contributed by atoms with Crippen molar-refractivity contribution < 1.29 is 9.53 Å². The average Bonchev–Trinajstić information content (AvgIpc) is 3.06. The van der Waals surface area contributed by atoms with Gasteiger partial charge in [-0.05, 0) is 36.1 Å². The maximum atomic E-state index is 13.0. The highest BCUT2D eigenvalue weighted by atomic mass is 32.1. The number of aryl methyl sites for hydroxylation is 1. The van der Waals surface area contributed by atoms with Gasteiger partial charge < -0.3 is 9.64 Å². The van der Waals surface area contributed by atoms with Crippen molar-refractivity contribution in [3.63, 3.8) is 0 Å². The highest BCUT2D eigenvalue weighted by molar-refractivity contribution is 7.21. The van der Waals surface area contributed by atoms with Gasteiger partial charge in [-0.25, -0.2) is 0 Å². The molecule has 1 aromatic heterocycles. The summed E-state index contributed by atoms with van der Waals surface area (Å²) in [5.74, 6) is 1.08. The van der Waals surface area contributed by atoms with Crippen LogP contribution < -0.4 is 4.74 Å². The Morgan fingerprint density at radius 3 is 2.44 bits per heavy atom. The number of piperazine rings is 1. The average molecular weight is 381 g/mol. The third-order valence-electron chi connectivity index (χ3n) is 5.12. The standard InChI is InChI=1S/C22H24N2O2S/c1-17-19-9-5-6-10-20(19)27-21(17)22(25)24-13-11-23(12-14-24)15-16-26-18-7-3-2-4-8-18/h2-10H,11-16H2,1H3. The number of benzene rings is 2. The van der Waals surface area contributed by atoms with E-state index in [-0.39, 0.29) is 5.91 Å². The molecule has 0 unspecified atom stereocenters. The fourth-order valence-electron chi connectivity index (χ4n) is 3.51. The van der Waals surface area contributed by atoms with Crippen LogP contribution in [0, 0.1) is 6.92 Å². The molecule has 0 N–H and O–H groups in total. The lowest BCUT2D eigenvalue weighted by molar-refractivity contribution is 0.0624. The van der Waals surface area contributed by atoms with Gasteiger partial charge in [0.2, 0.25) is 0 Å². The summed E-state index contributed by atoms with van der Waals surface area (Å²) in [6, 6.07) is 18.2. The van der Waals surface area contributed by atoms with Gasteiger partial charge in [-0.2, -0.15) is 0 Å². The Hall–Kier alpha value is -2.37. The van der Waals surface area contributed by atoms with E-state index in [2.05, 4.69) is 24.0 Å². The van der Waals surface area contributed by atoms with Crippen LogP contribution in [0.25, 0.3) is 10.1 Å². The molecule has 4 nitrogen and oxygen atoms in total. The molecule has 5 heteroatoms. The molecule has 0 atom stereocenters. The van der Waals surface area contributed by atoms with Gasteiger partial charge in [-0.1, -0.05) is 36.4 Å². The minimum atomic E-state index is 0.175. The van der Waals surface area contributed by atoms with Crippen LogP contribution in [0.5, 0.6) is 5.75 Å². The minimum absolute atomic E-state index is 0.175. The second-order valence-electron chi connectivity index (χ2n) is 6.85. The molecule has 1 aliphatic heterocycles. The second kappa shape index (κ2) is 8.11. The van der Waals surface area contributed by atoms with Crippen molar-refractivity contribution in [2.24, 2.45) is 0 Å². The maximum absolute atomic E-state index is 13.0. The summed E-state index contributed by atoms with van der Waals surface area (Å²) in [4.78, 5) is 18.2. The predicted molar refractivity (Wildman–Crippen MR) is 111 cm³/mol. The molecule has 4 rings (SSSR count). The van der Waals surface area contributed by atoms with Crippen LogP contribution in [0.4, 0.5) is 0 Å². The quantitative estimate of drug-likeness (QED) is 0.670. The number of ether oxygens (including phenoxy) is 1. The van der Waals surface area contributed by atoms with Crippen LogP contribution in [0.2, 0.25) is 0 Å². The molecular formula is C22H24N2O2S.